The number of sulfone groups is 1. The number of rotatable bonds is 6. The summed E-state index contributed by atoms with van der Waals surface area (Å²) in [7, 11) is -1.07. The molecule has 1 fully saturated rings. The molecule has 21 heavy (non-hydrogen) atoms. The Morgan fingerprint density at radius 3 is 2.52 bits per heavy atom. The molecule has 2 rings (SSSR count). The second kappa shape index (κ2) is 6.66. The van der Waals surface area contributed by atoms with Crippen LogP contribution >= 0.6 is 0 Å². The zero-order valence-corrected chi connectivity index (χ0v) is 13.4. The smallest absolute Gasteiger partial charge is 0.152 e. The summed E-state index contributed by atoms with van der Waals surface area (Å²) in [4.78, 5) is 1.97. The van der Waals surface area contributed by atoms with Crippen LogP contribution in [0.2, 0.25) is 0 Å². The summed E-state index contributed by atoms with van der Waals surface area (Å²) >= 11 is 0. The molecule has 0 saturated heterocycles. The molecular formula is C15H24N2O3S. The van der Waals surface area contributed by atoms with Gasteiger partial charge in [0.1, 0.15) is 0 Å². The SMILES string of the molecule is CN(CCO)c1ccc(NC2CCCC2S(C)(=O)=O)cc1. The van der Waals surface area contributed by atoms with Crippen LogP contribution in [0.4, 0.5) is 11.4 Å². The highest BCUT2D eigenvalue weighted by atomic mass is 32.2. The van der Waals surface area contributed by atoms with Crippen molar-refractivity contribution in [1.82, 2.24) is 0 Å². The highest BCUT2D eigenvalue weighted by Crippen LogP contribution is 2.28. The van der Waals surface area contributed by atoms with Gasteiger partial charge in [0.05, 0.1) is 11.9 Å². The quantitative estimate of drug-likeness (QED) is 0.833. The van der Waals surface area contributed by atoms with Gasteiger partial charge in [-0.3, -0.25) is 0 Å². The fourth-order valence-corrected chi connectivity index (χ4v) is 4.30. The van der Waals surface area contributed by atoms with E-state index in [4.69, 9.17) is 5.11 Å². The van der Waals surface area contributed by atoms with Crippen LogP contribution in [0.15, 0.2) is 24.3 Å². The second-order valence-corrected chi connectivity index (χ2v) is 8.01. The molecule has 0 radical (unpaired) electrons. The van der Waals surface area contributed by atoms with Crippen molar-refractivity contribution < 1.29 is 13.5 Å². The van der Waals surface area contributed by atoms with E-state index in [9.17, 15) is 8.42 Å². The van der Waals surface area contributed by atoms with Gasteiger partial charge in [0.25, 0.3) is 0 Å². The molecule has 1 saturated carbocycles. The summed E-state index contributed by atoms with van der Waals surface area (Å²) in [5, 5.41) is 12.0. The Balaban J connectivity index is 2.03. The third kappa shape index (κ3) is 4.11. The van der Waals surface area contributed by atoms with Crippen LogP contribution in [-0.2, 0) is 9.84 Å². The molecule has 1 aliphatic carbocycles. The number of benzene rings is 1. The van der Waals surface area contributed by atoms with Crippen molar-refractivity contribution in [3.63, 3.8) is 0 Å². The molecule has 1 aliphatic rings. The molecular weight excluding hydrogens is 288 g/mol. The molecule has 0 aromatic heterocycles. The average molecular weight is 312 g/mol. The van der Waals surface area contributed by atoms with Gasteiger partial charge in [-0.05, 0) is 43.5 Å². The molecule has 5 nitrogen and oxygen atoms in total. The number of anilines is 2. The first-order valence-corrected chi connectivity index (χ1v) is 9.24. The normalized spacial score (nSPS) is 22.2. The maximum absolute atomic E-state index is 11.8. The average Bonchev–Trinajstić information content (AvgIpc) is 2.88. The van der Waals surface area contributed by atoms with Crippen LogP contribution in [0.3, 0.4) is 0 Å². The summed E-state index contributed by atoms with van der Waals surface area (Å²) in [6, 6.07) is 7.87. The molecule has 0 bridgehead atoms. The van der Waals surface area contributed by atoms with Crippen molar-refractivity contribution in [3.05, 3.63) is 24.3 Å². The molecule has 118 valence electrons. The minimum absolute atomic E-state index is 0.000946. The van der Waals surface area contributed by atoms with E-state index in [2.05, 4.69) is 5.32 Å². The largest absolute Gasteiger partial charge is 0.395 e. The van der Waals surface area contributed by atoms with Gasteiger partial charge in [-0.2, -0.15) is 0 Å². The Hall–Kier alpha value is -1.27. The van der Waals surface area contributed by atoms with E-state index in [-0.39, 0.29) is 17.9 Å². The van der Waals surface area contributed by atoms with Crippen LogP contribution in [0.5, 0.6) is 0 Å². The lowest BCUT2D eigenvalue weighted by Crippen LogP contribution is -2.34. The lowest BCUT2D eigenvalue weighted by Gasteiger charge is -2.22. The van der Waals surface area contributed by atoms with Gasteiger partial charge in [0.15, 0.2) is 9.84 Å². The molecule has 2 N–H and O–H groups in total. The van der Waals surface area contributed by atoms with Crippen molar-refractivity contribution in [3.8, 4) is 0 Å². The highest BCUT2D eigenvalue weighted by molar-refractivity contribution is 7.91. The Morgan fingerprint density at radius 1 is 1.29 bits per heavy atom. The van der Waals surface area contributed by atoms with E-state index in [0.29, 0.717) is 6.54 Å². The molecule has 6 heteroatoms. The van der Waals surface area contributed by atoms with Crippen molar-refractivity contribution in [2.75, 3.05) is 36.7 Å². The fourth-order valence-electron chi connectivity index (χ4n) is 2.91. The zero-order chi connectivity index (χ0) is 15.5. The fraction of sp³-hybridized carbons (Fsp3) is 0.600. The molecule has 0 amide bonds. The van der Waals surface area contributed by atoms with Gasteiger partial charge in [0.2, 0.25) is 0 Å². The third-order valence-electron chi connectivity index (χ3n) is 4.10. The summed E-state index contributed by atoms with van der Waals surface area (Å²) in [5.74, 6) is 0. The van der Waals surface area contributed by atoms with Crippen molar-refractivity contribution in [1.29, 1.82) is 0 Å². The Kier molecular flexibility index (Phi) is 5.11. The molecule has 1 aromatic rings. The number of nitrogens with zero attached hydrogens (tertiary/aromatic N) is 1. The Labute approximate surface area is 126 Å². The van der Waals surface area contributed by atoms with Crippen molar-refractivity contribution in [2.45, 2.75) is 30.6 Å². The number of aliphatic hydroxyl groups is 1. The van der Waals surface area contributed by atoms with Gasteiger partial charge in [0, 0.05) is 37.3 Å². The van der Waals surface area contributed by atoms with Gasteiger partial charge in [-0.25, -0.2) is 8.42 Å². The Bertz CT molecular complexity index is 557. The van der Waals surface area contributed by atoms with E-state index in [1.165, 1.54) is 6.26 Å². The molecule has 2 atom stereocenters. The maximum Gasteiger partial charge on any atom is 0.152 e. The highest BCUT2D eigenvalue weighted by Gasteiger charge is 2.34. The number of nitrogens with one attached hydrogen (secondary N) is 1. The Morgan fingerprint density at radius 2 is 1.95 bits per heavy atom. The van der Waals surface area contributed by atoms with Crippen LogP contribution in [0.1, 0.15) is 19.3 Å². The van der Waals surface area contributed by atoms with Crippen LogP contribution in [-0.4, -0.2) is 51.3 Å². The molecule has 0 aliphatic heterocycles. The van der Waals surface area contributed by atoms with E-state index in [1.54, 1.807) is 0 Å². The van der Waals surface area contributed by atoms with E-state index in [0.717, 1.165) is 30.6 Å². The van der Waals surface area contributed by atoms with Gasteiger partial charge in [-0.1, -0.05) is 0 Å². The third-order valence-corrected chi connectivity index (χ3v) is 5.76. The van der Waals surface area contributed by atoms with Crippen LogP contribution < -0.4 is 10.2 Å². The van der Waals surface area contributed by atoms with E-state index in [1.807, 2.05) is 36.2 Å². The standard InChI is InChI=1S/C15H24N2O3S/c1-17(10-11-18)13-8-6-12(7-9-13)16-14-4-3-5-15(14)21(2,19)20/h6-9,14-16,18H,3-5,10-11H2,1-2H3. The zero-order valence-electron chi connectivity index (χ0n) is 12.6. The minimum atomic E-state index is -3.00. The number of hydrogen-bond acceptors (Lipinski definition) is 5. The lowest BCUT2D eigenvalue weighted by molar-refractivity contribution is 0.304. The maximum atomic E-state index is 11.8. The first-order valence-electron chi connectivity index (χ1n) is 7.29. The summed E-state index contributed by atoms with van der Waals surface area (Å²) in [5.41, 5.74) is 1.97. The monoisotopic (exact) mass is 312 g/mol. The number of hydrogen-bond donors (Lipinski definition) is 2. The van der Waals surface area contributed by atoms with E-state index >= 15 is 0 Å². The van der Waals surface area contributed by atoms with Crippen molar-refractivity contribution >= 4 is 21.2 Å². The molecule has 2 unspecified atom stereocenters. The predicted molar refractivity (Wildman–Crippen MR) is 86.7 cm³/mol. The predicted octanol–water partition coefficient (Wildman–Crippen LogP) is 1.49. The second-order valence-electron chi connectivity index (χ2n) is 5.74. The topological polar surface area (TPSA) is 69.6 Å². The molecule has 1 aromatic carbocycles. The van der Waals surface area contributed by atoms with Gasteiger partial charge >= 0.3 is 0 Å². The van der Waals surface area contributed by atoms with Crippen LogP contribution in [0.25, 0.3) is 0 Å². The lowest BCUT2D eigenvalue weighted by atomic mass is 10.2. The summed E-state index contributed by atoms with van der Waals surface area (Å²) < 4.78 is 23.6. The van der Waals surface area contributed by atoms with Gasteiger partial charge < -0.3 is 15.3 Å². The first kappa shape index (κ1) is 16.1. The summed E-state index contributed by atoms with van der Waals surface area (Å²) in [6.45, 7) is 0.708. The number of aliphatic hydroxyl groups excluding tert-OH is 1. The molecule has 0 spiro atoms. The van der Waals surface area contributed by atoms with Crippen molar-refractivity contribution in [2.24, 2.45) is 0 Å². The molecule has 0 heterocycles. The first-order chi connectivity index (χ1) is 9.91. The van der Waals surface area contributed by atoms with E-state index < -0.39 is 9.84 Å². The minimum Gasteiger partial charge on any atom is -0.395 e. The summed E-state index contributed by atoms with van der Waals surface area (Å²) in [6.07, 6.45) is 3.91. The van der Waals surface area contributed by atoms with Crippen LogP contribution in [0, 0.1) is 0 Å². The van der Waals surface area contributed by atoms with Gasteiger partial charge in [-0.15, -0.1) is 0 Å². The number of likely N-dealkylation sites (N-methyl/N-ethyl adjacent to an activating group) is 1.